The zero-order chi connectivity index (χ0) is 13.9. The zero-order valence-electron chi connectivity index (χ0n) is 12.3. The van der Waals surface area contributed by atoms with Crippen LogP contribution in [-0.4, -0.2) is 39.0 Å². The first-order valence-corrected chi connectivity index (χ1v) is 7.87. The van der Waals surface area contributed by atoms with Crippen molar-refractivity contribution >= 4 is 0 Å². The summed E-state index contributed by atoms with van der Waals surface area (Å²) in [7, 11) is 0. The minimum Gasteiger partial charge on any atom is -0.353 e. The van der Waals surface area contributed by atoms with Crippen LogP contribution in [0.15, 0.2) is 0 Å². The SMILES string of the molecule is C(#CCO[C@H]1CCCCO1)CCCO[C@@H]1CCCCO1. The summed E-state index contributed by atoms with van der Waals surface area (Å²) in [4.78, 5) is 0. The highest BCUT2D eigenvalue weighted by Crippen LogP contribution is 2.14. The molecule has 0 aromatic rings. The molecule has 2 aliphatic rings. The fourth-order valence-electron chi connectivity index (χ4n) is 2.33. The lowest BCUT2D eigenvalue weighted by Gasteiger charge is -2.22. The van der Waals surface area contributed by atoms with E-state index in [1.165, 1.54) is 12.8 Å². The predicted octanol–water partition coefficient (Wildman–Crippen LogP) is 2.86. The molecule has 2 saturated heterocycles. The van der Waals surface area contributed by atoms with Gasteiger partial charge in [-0.15, -0.1) is 5.92 Å². The van der Waals surface area contributed by atoms with Gasteiger partial charge in [-0.05, 0) is 44.9 Å². The smallest absolute Gasteiger partial charge is 0.158 e. The van der Waals surface area contributed by atoms with Gasteiger partial charge < -0.3 is 18.9 Å². The first kappa shape index (κ1) is 15.8. The molecular weight excluding hydrogens is 256 g/mol. The van der Waals surface area contributed by atoms with Crippen LogP contribution >= 0.6 is 0 Å². The summed E-state index contributed by atoms with van der Waals surface area (Å²) in [5.74, 6) is 6.14. The maximum Gasteiger partial charge on any atom is 0.158 e. The van der Waals surface area contributed by atoms with Crippen LogP contribution < -0.4 is 0 Å². The molecule has 0 bridgehead atoms. The molecule has 0 radical (unpaired) electrons. The molecule has 0 unspecified atom stereocenters. The van der Waals surface area contributed by atoms with E-state index in [0.29, 0.717) is 6.61 Å². The minimum atomic E-state index is -0.0372. The molecule has 0 aromatic heterocycles. The van der Waals surface area contributed by atoms with Crippen LogP contribution in [0.2, 0.25) is 0 Å². The van der Waals surface area contributed by atoms with Gasteiger partial charge in [0.25, 0.3) is 0 Å². The lowest BCUT2D eigenvalue weighted by molar-refractivity contribution is -0.162. The Balaban J connectivity index is 1.41. The van der Waals surface area contributed by atoms with Crippen molar-refractivity contribution in [2.75, 3.05) is 26.4 Å². The maximum atomic E-state index is 5.64. The molecule has 2 heterocycles. The summed E-state index contributed by atoms with van der Waals surface area (Å²) in [6.07, 6.45) is 8.52. The molecule has 0 aromatic carbocycles. The number of ether oxygens (including phenoxy) is 4. The molecule has 2 rings (SSSR count). The first-order valence-electron chi connectivity index (χ1n) is 7.87. The van der Waals surface area contributed by atoms with E-state index in [2.05, 4.69) is 11.8 Å². The van der Waals surface area contributed by atoms with Gasteiger partial charge >= 0.3 is 0 Å². The summed E-state index contributed by atoms with van der Waals surface area (Å²) in [5.41, 5.74) is 0. The third-order valence-corrected chi connectivity index (χ3v) is 3.49. The van der Waals surface area contributed by atoms with Crippen molar-refractivity contribution in [2.45, 2.75) is 63.9 Å². The second kappa shape index (κ2) is 10.2. The van der Waals surface area contributed by atoms with Crippen LogP contribution in [0.25, 0.3) is 0 Å². The molecule has 0 aliphatic carbocycles. The van der Waals surface area contributed by atoms with Crippen LogP contribution in [0, 0.1) is 11.8 Å². The Kier molecular flexibility index (Phi) is 8.03. The molecule has 114 valence electrons. The van der Waals surface area contributed by atoms with Gasteiger partial charge in [-0.3, -0.25) is 0 Å². The molecule has 0 saturated carbocycles. The summed E-state index contributed by atoms with van der Waals surface area (Å²) >= 11 is 0. The molecule has 0 amide bonds. The van der Waals surface area contributed by atoms with Crippen LogP contribution in [0.4, 0.5) is 0 Å². The van der Waals surface area contributed by atoms with Gasteiger partial charge in [-0.2, -0.15) is 0 Å². The third-order valence-electron chi connectivity index (χ3n) is 3.49. The Hall–Kier alpha value is -0.600. The van der Waals surface area contributed by atoms with Gasteiger partial charge in [0.05, 0.1) is 6.61 Å². The van der Waals surface area contributed by atoms with Crippen LogP contribution in [0.3, 0.4) is 0 Å². The van der Waals surface area contributed by atoms with E-state index in [0.717, 1.165) is 58.3 Å². The molecule has 2 aliphatic heterocycles. The predicted molar refractivity (Wildman–Crippen MR) is 76.1 cm³/mol. The fourth-order valence-corrected chi connectivity index (χ4v) is 2.33. The quantitative estimate of drug-likeness (QED) is 0.554. The second-order valence-corrected chi connectivity index (χ2v) is 5.23. The van der Waals surface area contributed by atoms with Gasteiger partial charge in [0.15, 0.2) is 12.6 Å². The normalized spacial score (nSPS) is 26.8. The average Bonchev–Trinajstić information content (AvgIpc) is 2.52. The number of hydrogen-bond acceptors (Lipinski definition) is 4. The number of unbranched alkanes of at least 4 members (excludes halogenated alkanes) is 1. The lowest BCUT2D eigenvalue weighted by Crippen LogP contribution is -2.22. The number of hydrogen-bond donors (Lipinski definition) is 0. The largest absolute Gasteiger partial charge is 0.353 e. The maximum absolute atomic E-state index is 5.64. The minimum absolute atomic E-state index is 0.0171. The van der Waals surface area contributed by atoms with E-state index in [-0.39, 0.29) is 12.6 Å². The van der Waals surface area contributed by atoms with Gasteiger partial charge in [0, 0.05) is 19.6 Å². The van der Waals surface area contributed by atoms with Crippen molar-refractivity contribution in [1.29, 1.82) is 0 Å². The van der Waals surface area contributed by atoms with Gasteiger partial charge in [-0.1, -0.05) is 5.92 Å². The third kappa shape index (κ3) is 6.71. The Morgan fingerprint density at radius 3 is 2.20 bits per heavy atom. The van der Waals surface area contributed by atoms with E-state index in [1.807, 2.05) is 0 Å². The van der Waals surface area contributed by atoms with Crippen molar-refractivity contribution in [2.24, 2.45) is 0 Å². The van der Waals surface area contributed by atoms with Gasteiger partial charge in [-0.25, -0.2) is 0 Å². The molecule has 4 heteroatoms. The van der Waals surface area contributed by atoms with E-state index in [4.69, 9.17) is 18.9 Å². The van der Waals surface area contributed by atoms with E-state index < -0.39 is 0 Å². The second-order valence-electron chi connectivity index (χ2n) is 5.23. The zero-order valence-corrected chi connectivity index (χ0v) is 12.3. The van der Waals surface area contributed by atoms with Gasteiger partial charge in [0.1, 0.15) is 6.61 Å². The van der Waals surface area contributed by atoms with Crippen molar-refractivity contribution in [3.63, 3.8) is 0 Å². The Morgan fingerprint density at radius 1 is 0.850 bits per heavy atom. The van der Waals surface area contributed by atoms with E-state index in [9.17, 15) is 0 Å². The molecule has 0 N–H and O–H groups in total. The summed E-state index contributed by atoms with van der Waals surface area (Å²) < 4.78 is 22.1. The highest BCUT2D eigenvalue weighted by atomic mass is 16.7. The fraction of sp³-hybridized carbons (Fsp3) is 0.875. The van der Waals surface area contributed by atoms with Crippen molar-refractivity contribution in [3.05, 3.63) is 0 Å². The van der Waals surface area contributed by atoms with Crippen molar-refractivity contribution < 1.29 is 18.9 Å². The molecular formula is C16H26O4. The average molecular weight is 282 g/mol. The van der Waals surface area contributed by atoms with Gasteiger partial charge in [0.2, 0.25) is 0 Å². The first-order chi connectivity index (χ1) is 9.95. The summed E-state index contributed by atoms with van der Waals surface area (Å²) in [6.45, 7) is 2.85. The van der Waals surface area contributed by atoms with Crippen molar-refractivity contribution in [3.8, 4) is 11.8 Å². The molecule has 20 heavy (non-hydrogen) atoms. The molecule has 2 fully saturated rings. The molecule has 2 atom stereocenters. The highest BCUT2D eigenvalue weighted by Gasteiger charge is 2.13. The highest BCUT2D eigenvalue weighted by molar-refractivity contribution is 4.98. The number of rotatable bonds is 6. The van der Waals surface area contributed by atoms with Crippen LogP contribution in [0.5, 0.6) is 0 Å². The lowest BCUT2D eigenvalue weighted by atomic mass is 10.2. The van der Waals surface area contributed by atoms with E-state index in [1.54, 1.807) is 0 Å². The monoisotopic (exact) mass is 282 g/mol. The molecule has 4 nitrogen and oxygen atoms in total. The van der Waals surface area contributed by atoms with Crippen molar-refractivity contribution in [1.82, 2.24) is 0 Å². The molecule has 0 spiro atoms. The van der Waals surface area contributed by atoms with Crippen LogP contribution in [0.1, 0.15) is 51.4 Å². The van der Waals surface area contributed by atoms with Crippen LogP contribution in [-0.2, 0) is 18.9 Å². The Labute approximate surface area is 122 Å². The van der Waals surface area contributed by atoms with E-state index >= 15 is 0 Å². The standard InChI is InChI=1S/C16H26O4/c1(5-11-17-15-9-3-7-13-19-15)2-6-12-18-16-10-4-8-14-20-16/h15-16H,1,3-5,7-14H2/t15-,16+/m0/s1. The topological polar surface area (TPSA) is 36.9 Å². The summed E-state index contributed by atoms with van der Waals surface area (Å²) in [5, 5.41) is 0. The Morgan fingerprint density at radius 2 is 1.55 bits per heavy atom. The Bertz CT molecular complexity index is 295. The summed E-state index contributed by atoms with van der Waals surface area (Å²) in [6, 6.07) is 0.